The molecule has 2 N–H and O–H groups in total. The molecule has 0 saturated carbocycles. The lowest BCUT2D eigenvalue weighted by Gasteiger charge is -2.10. The maximum atomic E-state index is 13.6. The highest BCUT2D eigenvalue weighted by Gasteiger charge is 2.12. The molecule has 1 heterocycles. The Morgan fingerprint density at radius 3 is 2.33 bits per heavy atom. The fourth-order valence-electron chi connectivity index (χ4n) is 2.38. The van der Waals surface area contributed by atoms with Crippen LogP contribution in [0.25, 0.3) is 0 Å². The molecule has 1 aromatic heterocycles. The first-order valence-corrected chi connectivity index (χ1v) is 8.05. The molecule has 3 rings (SSSR count). The summed E-state index contributed by atoms with van der Waals surface area (Å²) in [6, 6.07) is 15.9. The zero-order valence-electron chi connectivity index (χ0n) is 14.4. The van der Waals surface area contributed by atoms with Crippen LogP contribution in [0.5, 0.6) is 0 Å². The fourth-order valence-corrected chi connectivity index (χ4v) is 2.38. The lowest BCUT2D eigenvalue weighted by atomic mass is 10.1. The number of methoxy groups -OCH3 is 1. The Hall–Kier alpha value is -3.74. The topological polar surface area (TPSA) is 80.3 Å². The standard InChI is InChI=1S/C20H16FN3O3/c1-27-20(26)14-6-2-4-8-16(14)23-18-11-10-13(12-22-18)19(25)24-17-9-5-3-7-15(17)21/h2-12H,1H3,(H,22,23)(H,24,25). The van der Waals surface area contributed by atoms with E-state index in [1.807, 2.05) is 0 Å². The maximum absolute atomic E-state index is 13.6. The molecule has 0 spiro atoms. The van der Waals surface area contributed by atoms with E-state index >= 15 is 0 Å². The highest BCUT2D eigenvalue weighted by Crippen LogP contribution is 2.21. The van der Waals surface area contributed by atoms with E-state index in [1.54, 1.807) is 48.5 Å². The van der Waals surface area contributed by atoms with Crippen LogP contribution in [0, 0.1) is 5.82 Å². The highest BCUT2D eigenvalue weighted by molar-refractivity contribution is 6.04. The molecule has 0 fully saturated rings. The third kappa shape index (κ3) is 4.27. The highest BCUT2D eigenvalue weighted by atomic mass is 19.1. The minimum Gasteiger partial charge on any atom is -0.465 e. The van der Waals surface area contributed by atoms with Crippen molar-refractivity contribution in [2.75, 3.05) is 17.7 Å². The van der Waals surface area contributed by atoms with E-state index in [9.17, 15) is 14.0 Å². The molecule has 0 radical (unpaired) electrons. The average molecular weight is 365 g/mol. The zero-order chi connectivity index (χ0) is 19.2. The number of amides is 1. The van der Waals surface area contributed by atoms with E-state index < -0.39 is 17.7 Å². The van der Waals surface area contributed by atoms with Crippen molar-refractivity contribution in [2.45, 2.75) is 0 Å². The van der Waals surface area contributed by atoms with Crippen LogP contribution >= 0.6 is 0 Å². The normalized spacial score (nSPS) is 10.1. The van der Waals surface area contributed by atoms with Crippen LogP contribution in [0.1, 0.15) is 20.7 Å². The Kier molecular flexibility index (Phi) is 5.41. The van der Waals surface area contributed by atoms with Gasteiger partial charge in [-0.3, -0.25) is 4.79 Å². The number of halogens is 1. The average Bonchev–Trinajstić information content (AvgIpc) is 2.70. The van der Waals surface area contributed by atoms with Gasteiger partial charge in [-0.05, 0) is 36.4 Å². The second kappa shape index (κ2) is 8.09. The van der Waals surface area contributed by atoms with Crippen LogP contribution in [0.15, 0.2) is 66.9 Å². The molecule has 0 aliphatic heterocycles. The second-order valence-electron chi connectivity index (χ2n) is 5.53. The number of aromatic nitrogens is 1. The number of hydrogen-bond donors (Lipinski definition) is 2. The summed E-state index contributed by atoms with van der Waals surface area (Å²) < 4.78 is 18.4. The number of carbonyl (C=O) groups excluding carboxylic acids is 2. The molecule has 7 heteroatoms. The van der Waals surface area contributed by atoms with Crippen molar-refractivity contribution in [3.05, 3.63) is 83.8 Å². The van der Waals surface area contributed by atoms with Crippen LogP contribution in [0.2, 0.25) is 0 Å². The van der Waals surface area contributed by atoms with E-state index in [1.165, 1.54) is 25.4 Å². The minimum atomic E-state index is -0.517. The van der Waals surface area contributed by atoms with Gasteiger partial charge in [-0.1, -0.05) is 24.3 Å². The Morgan fingerprint density at radius 2 is 1.67 bits per heavy atom. The third-order valence-corrected chi connectivity index (χ3v) is 3.74. The third-order valence-electron chi connectivity index (χ3n) is 3.74. The number of esters is 1. The molecule has 0 aliphatic carbocycles. The Bertz CT molecular complexity index is 974. The number of pyridine rings is 1. The predicted molar refractivity (Wildman–Crippen MR) is 99.7 cm³/mol. The van der Waals surface area contributed by atoms with E-state index in [0.717, 1.165) is 0 Å². The number of rotatable bonds is 5. The van der Waals surface area contributed by atoms with Gasteiger partial charge in [0.15, 0.2) is 0 Å². The van der Waals surface area contributed by atoms with Gasteiger partial charge in [0.25, 0.3) is 5.91 Å². The molecular weight excluding hydrogens is 349 g/mol. The smallest absolute Gasteiger partial charge is 0.339 e. The summed E-state index contributed by atoms with van der Waals surface area (Å²) in [6.45, 7) is 0. The molecule has 0 saturated heterocycles. The van der Waals surface area contributed by atoms with Crippen molar-refractivity contribution >= 4 is 29.1 Å². The van der Waals surface area contributed by atoms with Crippen LogP contribution in [-0.4, -0.2) is 24.0 Å². The summed E-state index contributed by atoms with van der Waals surface area (Å²) in [5.74, 6) is -1.03. The minimum absolute atomic E-state index is 0.0942. The number of nitrogens with one attached hydrogen (secondary N) is 2. The van der Waals surface area contributed by atoms with E-state index in [2.05, 4.69) is 15.6 Å². The van der Waals surface area contributed by atoms with Crippen molar-refractivity contribution < 1.29 is 18.7 Å². The van der Waals surface area contributed by atoms with E-state index in [-0.39, 0.29) is 11.3 Å². The van der Waals surface area contributed by atoms with Crippen molar-refractivity contribution in [3.8, 4) is 0 Å². The molecule has 6 nitrogen and oxygen atoms in total. The molecular formula is C20H16FN3O3. The summed E-state index contributed by atoms with van der Waals surface area (Å²) in [7, 11) is 1.31. The van der Waals surface area contributed by atoms with Crippen molar-refractivity contribution in [2.24, 2.45) is 0 Å². The Labute approximate surface area is 155 Å². The van der Waals surface area contributed by atoms with Crippen LogP contribution in [-0.2, 0) is 4.74 Å². The number of para-hydroxylation sites is 2. The van der Waals surface area contributed by atoms with Gasteiger partial charge >= 0.3 is 5.97 Å². The second-order valence-corrected chi connectivity index (χ2v) is 5.53. The van der Waals surface area contributed by atoms with Gasteiger partial charge in [0.05, 0.1) is 29.6 Å². The van der Waals surface area contributed by atoms with Gasteiger partial charge in [-0.15, -0.1) is 0 Å². The molecule has 2 aromatic carbocycles. The molecule has 0 unspecified atom stereocenters. The van der Waals surface area contributed by atoms with Crippen LogP contribution < -0.4 is 10.6 Å². The van der Waals surface area contributed by atoms with Crippen LogP contribution in [0.4, 0.5) is 21.6 Å². The molecule has 0 bridgehead atoms. The number of hydrogen-bond acceptors (Lipinski definition) is 5. The maximum Gasteiger partial charge on any atom is 0.339 e. The molecule has 0 atom stereocenters. The summed E-state index contributed by atoms with van der Waals surface area (Å²) in [5, 5.41) is 5.50. The lowest BCUT2D eigenvalue weighted by Crippen LogP contribution is -2.13. The first kappa shape index (κ1) is 18.1. The first-order valence-electron chi connectivity index (χ1n) is 8.05. The van der Waals surface area contributed by atoms with Crippen molar-refractivity contribution in [3.63, 3.8) is 0 Å². The SMILES string of the molecule is COC(=O)c1ccccc1Nc1ccc(C(=O)Nc2ccccc2F)cn1. The summed E-state index contributed by atoms with van der Waals surface area (Å²) in [6.07, 6.45) is 1.36. The monoisotopic (exact) mass is 365 g/mol. The van der Waals surface area contributed by atoms with Crippen molar-refractivity contribution in [1.82, 2.24) is 4.98 Å². The number of benzene rings is 2. The first-order chi connectivity index (χ1) is 13.1. The largest absolute Gasteiger partial charge is 0.465 e. The van der Waals surface area contributed by atoms with Gasteiger partial charge in [-0.25, -0.2) is 14.2 Å². The molecule has 27 heavy (non-hydrogen) atoms. The van der Waals surface area contributed by atoms with Crippen LogP contribution in [0.3, 0.4) is 0 Å². The summed E-state index contributed by atoms with van der Waals surface area (Å²) in [5.41, 5.74) is 1.25. The van der Waals surface area contributed by atoms with Gasteiger partial charge in [0.1, 0.15) is 11.6 Å². The fraction of sp³-hybridized carbons (Fsp3) is 0.0500. The lowest BCUT2D eigenvalue weighted by molar-refractivity contribution is 0.0601. The number of anilines is 3. The van der Waals surface area contributed by atoms with Gasteiger partial charge in [0.2, 0.25) is 0 Å². The molecule has 136 valence electrons. The number of carbonyl (C=O) groups is 2. The van der Waals surface area contributed by atoms with Gasteiger partial charge in [0, 0.05) is 6.20 Å². The molecule has 0 aliphatic rings. The molecule has 1 amide bonds. The van der Waals surface area contributed by atoms with Gasteiger partial charge < -0.3 is 15.4 Å². The van der Waals surface area contributed by atoms with E-state index in [4.69, 9.17) is 4.74 Å². The summed E-state index contributed by atoms with van der Waals surface area (Å²) in [4.78, 5) is 28.2. The Balaban J connectivity index is 1.74. The van der Waals surface area contributed by atoms with Gasteiger partial charge in [-0.2, -0.15) is 0 Å². The predicted octanol–water partition coefficient (Wildman–Crippen LogP) is 4.00. The summed E-state index contributed by atoms with van der Waals surface area (Å²) >= 11 is 0. The number of nitrogens with zero attached hydrogens (tertiary/aromatic N) is 1. The van der Waals surface area contributed by atoms with E-state index in [0.29, 0.717) is 17.1 Å². The van der Waals surface area contributed by atoms with Crippen molar-refractivity contribution in [1.29, 1.82) is 0 Å². The Morgan fingerprint density at radius 1 is 0.963 bits per heavy atom. The quantitative estimate of drug-likeness (QED) is 0.668. The molecule has 3 aromatic rings. The number of ether oxygens (including phenoxy) is 1. The zero-order valence-corrected chi connectivity index (χ0v) is 14.4.